The van der Waals surface area contributed by atoms with Crippen molar-refractivity contribution >= 4 is 17.5 Å². The number of nitrogens with two attached hydrogens (primary N) is 1. The summed E-state index contributed by atoms with van der Waals surface area (Å²) >= 11 is 0. The van der Waals surface area contributed by atoms with Gasteiger partial charge in [0.1, 0.15) is 12.4 Å². The molecule has 1 aromatic rings. The standard InChI is InChI=1S/C12H21N5O2/c1-5-17(6-2)12(18)8(3)16-11-9(19-4)10(13)14-7-15-11/h7-8H,5-6H2,1-4H3,(H3,13,14,15,16). The first kappa shape index (κ1) is 15.0. The predicted molar refractivity (Wildman–Crippen MR) is 74.0 cm³/mol. The Balaban J connectivity index is 2.85. The van der Waals surface area contributed by atoms with Gasteiger partial charge in [-0.25, -0.2) is 9.97 Å². The molecule has 7 nitrogen and oxygen atoms in total. The number of likely N-dealkylation sites (N-methyl/N-ethyl adjacent to an activating group) is 1. The maximum Gasteiger partial charge on any atom is 0.244 e. The highest BCUT2D eigenvalue weighted by Gasteiger charge is 2.20. The van der Waals surface area contributed by atoms with Crippen LogP contribution in [0.15, 0.2) is 6.33 Å². The van der Waals surface area contributed by atoms with Gasteiger partial charge in [-0.05, 0) is 20.8 Å². The van der Waals surface area contributed by atoms with Gasteiger partial charge < -0.3 is 20.7 Å². The lowest BCUT2D eigenvalue weighted by molar-refractivity contribution is -0.131. The van der Waals surface area contributed by atoms with E-state index in [4.69, 9.17) is 10.5 Å². The molecule has 0 aliphatic rings. The number of nitrogens with one attached hydrogen (secondary N) is 1. The quantitative estimate of drug-likeness (QED) is 0.789. The summed E-state index contributed by atoms with van der Waals surface area (Å²) in [4.78, 5) is 21.8. The Kier molecular flexibility index (Phi) is 5.35. The molecule has 1 aromatic heterocycles. The minimum Gasteiger partial charge on any atom is -0.490 e. The van der Waals surface area contributed by atoms with Crippen LogP contribution in [0, 0.1) is 0 Å². The molecule has 0 aliphatic heterocycles. The highest BCUT2D eigenvalue weighted by molar-refractivity contribution is 5.84. The molecule has 0 aliphatic carbocycles. The van der Waals surface area contributed by atoms with Crippen LogP contribution in [-0.4, -0.2) is 47.0 Å². The van der Waals surface area contributed by atoms with E-state index >= 15 is 0 Å². The zero-order valence-corrected chi connectivity index (χ0v) is 11.8. The van der Waals surface area contributed by atoms with Crippen LogP contribution in [0.5, 0.6) is 5.75 Å². The van der Waals surface area contributed by atoms with Gasteiger partial charge in [-0.2, -0.15) is 0 Å². The average Bonchev–Trinajstić information content (AvgIpc) is 2.40. The van der Waals surface area contributed by atoms with Crippen LogP contribution in [0.4, 0.5) is 11.6 Å². The van der Waals surface area contributed by atoms with E-state index in [1.807, 2.05) is 13.8 Å². The predicted octanol–water partition coefficient (Wildman–Crippen LogP) is 0.736. The summed E-state index contributed by atoms with van der Waals surface area (Å²) in [5.74, 6) is 1.01. The van der Waals surface area contributed by atoms with Crippen molar-refractivity contribution in [2.45, 2.75) is 26.8 Å². The van der Waals surface area contributed by atoms with Gasteiger partial charge in [0.05, 0.1) is 7.11 Å². The van der Waals surface area contributed by atoms with Crippen LogP contribution in [0.25, 0.3) is 0 Å². The summed E-state index contributed by atoms with van der Waals surface area (Å²) in [5.41, 5.74) is 5.68. The Morgan fingerprint density at radius 2 is 2.11 bits per heavy atom. The van der Waals surface area contributed by atoms with Gasteiger partial charge in [-0.3, -0.25) is 4.79 Å². The normalized spacial score (nSPS) is 11.8. The molecule has 1 rings (SSSR count). The Labute approximate surface area is 113 Å². The topological polar surface area (TPSA) is 93.4 Å². The molecule has 0 saturated carbocycles. The van der Waals surface area contributed by atoms with Crippen LogP contribution >= 0.6 is 0 Å². The molecule has 1 atom stereocenters. The van der Waals surface area contributed by atoms with E-state index in [-0.39, 0.29) is 11.7 Å². The second-order valence-corrected chi connectivity index (χ2v) is 4.02. The van der Waals surface area contributed by atoms with E-state index in [1.54, 1.807) is 11.8 Å². The van der Waals surface area contributed by atoms with Crippen LogP contribution in [0.3, 0.4) is 0 Å². The fraction of sp³-hybridized carbons (Fsp3) is 0.583. The SMILES string of the molecule is CCN(CC)C(=O)C(C)Nc1ncnc(N)c1OC. The summed E-state index contributed by atoms with van der Waals surface area (Å²) in [6.45, 7) is 7.00. The zero-order chi connectivity index (χ0) is 14.4. The Morgan fingerprint density at radius 3 is 2.63 bits per heavy atom. The molecular formula is C12H21N5O2. The zero-order valence-electron chi connectivity index (χ0n) is 11.8. The Morgan fingerprint density at radius 1 is 1.47 bits per heavy atom. The van der Waals surface area contributed by atoms with E-state index in [0.717, 1.165) is 0 Å². The molecule has 7 heteroatoms. The molecule has 1 unspecified atom stereocenters. The first-order valence-corrected chi connectivity index (χ1v) is 6.24. The highest BCUT2D eigenvalue weighted by Crippen LogP contribution is 2.26. The number of hydrogen-bond acceptors (Lipinski definition) is 6. The lowest BCUT2D eigenvalue weighted by Gasteiger charge is -2.24. The Bertz CT molecular complexity index is 434. The first-order valence-electron chi connectivity index (χ1n) is 6.24. The monoisotopic (exact) mass is 267 g/mol. The highest BCUT2D eigenvalue weighted by atomic mass is 16.5. The summed E-state index contributed by atoms with van der Waals surface area (Å²) in [7, 11) is 1.48. The molecule has 1 heterocycles. The third-order valence-corrected chi connectivity index (χ3v) is 2.83. The fourth-order valence-corrected chi connectivity index (χ4v) is 1.77. The fourth-order valence-electron chi connectivity index (χ4n) is 1.77. The minimum atomic E-state index is -0.414. The van der Waals surface area contributed by atoms with E-state index in [1.165, 1.54) is 13.4 Å². The molecule has 0 aromatic carbocycles. The molecular weight excluding hydrogens is 246 g/mol. The molecule has 0 saturated heterocycles. The molecule has 1 amide bonds. The number of nitrogens with zero attached hydrogens (tertiary/aromatic N) is 3. The summed E-state index contributed by atoms with van der Waals surface area (Å²) in [6.07, 6.45) is 1.33. The van der Waals surface area contributed by atoms with Crippen LogP contribution < -0.4 is 15.8 Å². The Hall–Kier alpha value is -2.05. The molecule has 106 valence electrons. The van der Waals surface area contributed by atoms with Crippen molar-refractivity contribution in [2.75, 3.05) is 31.2 Å². The van der Waals surface area contributed by atoms with Gasteiger partial charge >= 0.3 is 0 Å². The smallest absolute Gasteiger partial charge is 0.244 e. The van der Waals surface area contributed by atoms with E-state index in [2.05, 4.69) is 15.3 Å². The number of ether oxygens (including phenoxy) is 1. The molecule has 0 fully saturated rings. The summed E-state index contributed by atoms with van der Waals surface area (Å²) < 4.78 is 5.13. The minimum absolute atomic E-state index is 0.00392. The number of aromatic nitrogens is 2. The average molecular weight is 267 g/mol. The first-order chi connectivity index (χ1) is 9.04. The van der Waals surface area contributed by atoms with Crippen molar-refractivity contribution in [3.63, 3.8) is 0 Å². The number of carbonyl (C=O) groups excluding carboxylic acids is 1. The number of rotatable bonds is 6. The van der Waals surface area contributed by atoms with Crippen molar-refractivity contribution in [1.82, 2.24) is 14.9 Å². The van der Waals surface area contributed by atoms with Crippen LogP contribution in [-0.2, 0) is 4.79 Å². The number of anilines is 2. The van der Waals surface area contributed by atoms with Gasteiger partial charge in [0, 0.05) is 13.1 Å². The lowest BCUT2D eigenvalue weighted by atomic mass is 10.2. The number of amides is 1. The number of carbonyl (C=O) groups is 1. The number of hydrogen-bond donors (Lipinski definition) is 2. The largest absolute Gasteiger partial charge is 0.490 e. The number of methoxy groups -OCH3 is 1. The van der Waals surface area contributed by atoms with Crippen LogP contribution in [0.1, 0.15) is 20.8 Å². The van der Waals surface area contributed by atoms with Gasteiger partial charge in [0.25, 0.3) is 0 Å². The maximum absolute atomic E-state index is 12.1. The maximum atomic E-state index is 12.1. The molecule has 0 bridgehead atoms. The van der Waals surface area contributed by atoms with E-state index in [9.17, 15) is 4.79 Å². The van der Waals surface area contributed by atoms with Gasteiger partial charge in [0.2, 0.25) is 11.7 Å². The van der Waals surface area contributed by atoms with Crippen molar-refractivity contribution < 1.29 is 9.53 Å². The molecule has 19 heavy (non-hydrogen) atoms. The van der Waals surface area contributed by atoms with E-state index in [0.29, 0.717) is 24.7 Å². The van der Waals surface area contributed by atoms with Crippen molar-refractivity contribution in [3.8, 4) is 5.75 Å². The molecule has 0 spiro atoms. The summed E-state index contributed by atoms with van der Waals surface area (Å²) in [5, 5.41) is 3.00. The van der Waals surface area contributed by atoms with Crippen LogP contribution in [0.2, 0.25) is 0 Å². The van der Waals surface area contributed by atoms with Gasteiger partial charge in [-0.15, -0.1) is 0 Å². The summed E-state index contributed by atoms with van der Waals surface area (Å²) in [6, 6.07) is -0.414. The van der Waals surface area contributed by atoms with Gasteiger partial charge in [0.15, 0.2) is 11.6 Å². The number of nitrogen functional groups attached to an aromatic ring is 1. The van der Waals surface area contributed by atoms with Crippen molar-refractivity contribution in [2.24, 2.45) is 0 Å². The third-order valence-electron chi connectivity index (χ3n) is 2.83. The second kappa shape index (κ2) is 6.77. The lowest BCUT2D eigenvalue weighted by Crippen LogP contribution is -2.41. The van der Waals surface area contributed by atoms with Crippen molar-refractivity contribution in [3.05, 3.63) is 6.33 Å². The van der Waals surface area contributed by atoms with E-state index < -0.39 is 6.04 Å². The second-order valence-electron chi connectivity index (χ2n) is 4.02. The third kappa shape index (κ3) is 3.46. The van der Waals surface area contributed by atoms with Crippen molar-refractivity contribution in [1.29, 1.82) is 0 Å². The van der Waals surface area contributed by atoms with Gasteiger partial charge in [-0.1, -0.05) is 0 Å². The molecule has 0 radical (unpaired) electrons. The molecule has 3 N–H and O–H groups in total.